The van der Waals surface area contributed by atoms with E-state index >= 15 is 0 Å². The monoisotopic (exact) mass is 331 g/mol. The first-order valence-corrected chi connectivity index (χ1v) is 8.18. The van der Waals surface area contributed by atoms with E-state index in [0.717, 1.165) is 18.4 Å². The molecule has 0 spiro atoms. The zero-order chi connectivity index (χ0) is 17.7. The third-order valence-corrected chi connectivity index (χ3v) is 3.63. The molecule has 0 aromatic heterocycles. The number of rotatable bonds is 7. The Kier molecular flexibility index (Phi) is 6.93. The number of alkyl halides is 3. The summed E-state index contributed by atoms with van der Waals surface area (Å²) in [4.78, 5) is 0. The highest BCUT2D eigenvalue weighted by Gasteiger charge is 2.40. The van der Waals surface area contributed by atoms with Gasteiger partial charge < -0.3 is 10.5 Å². The summed E-state index contributed by atoms with van der Waals surface area (Å²) in [6, 6.07) is 3.22. The molecule has 0 radical (unpaired) electrons. The second kappa shape index (κ2) is 8.04. The Morgan fingerprint density at radius 2 is 1.74 bits per heavy atom. The van der Waals surface area contributed by atoms with Crippen molar-refractivity contribution in [3.63, 3.8) is 0 Å². The van der Waals surface area contributed by atoms with Gasteiger partial charge in [0.15, 0.2) is 0 Å². The third kappa shape index (κ3) is 5.72. The van der Waals surface area contributed by atoms with Gasteiger partial charge in [0.25, 0.3) is 0 Å². The van der Waals surface area contributed by atoms with Gasteiger partial charge in [-0.1, -0.05) is 33.8 Å². The molecule has 0 bridgehead atoms. The van der Waals surface area contributed by atoms with Crippen LogP contribution in [0.3, 0.4) is 0 Å². The van der Waals surface area contributed by atoms with Crippen LogP contribution in [0.25, 0.3) is 0 Å². The number of halogens is 3. The lowest BCUT2D eigenvalue weighted by atomic mass is 9.81. The van der Waals surface area contributed by atoms with E-state index in [0.29, 0.717) is 24.9 Å². The zero-order valence-corrected chi connectivity index (χ0v) is 14.5. The molecular formula is C18H28F3NO. The van der Waals surface area contributed by atoms with Gasteiger partial charge in [0.05, 0.1) is 6.61 Å². The highest BCUT2D eigenvalue weighted by atomic mass is 19.4. The van der Waals surface area contributed by atoms with E-state index in [4.69, 9.17) is 10.5 Å². The van der Waals surface area contributed by atoms with Gasteiger partial charge in [-0.05, 0) is 54.8 Å². The summed E-state index contributed by atoms with van der Waals surface area (Å²) in [5.74, 6) is -0.0467. The Labute approximate surface area is 137 Å². The van der Waals surface area contributed by atoms with Crippen LogP contribution < -0.4 is 10.5 Å². The van der Waals surface area contributed by atoms with Crippen molar-refractivity contribution >= 4 is 0 Å². The lowest BCUT2D eigenvalue weighted by molar-refractivity contribution is -0.140. The molecule has 0 saturated carbocycles. The molecule has 0 heterocycles. The molecule has 132 valence electrons. The Morgan fingerprint density at radius 1 is 1.09 bits per heavy atom. The fraction of sp³-hybridized carbons (Fsp3) is 0.667. The molecule has 0 atom stereocenters. The van der Waals surface area contributed by atoms with Crippen LogP contribution in [-0.2, 0) is 18.0 Å². The van der Waals surface area contributed by atoms with Gasteiger partial charge in [-0.15, -0.1) is 0 Å². The van der Waals surface area contributed by atoms with Crippen LogP contribution in [0.1, 0.15) is 63.6 Å². The molecule has 0 aliphatic rings. The molecule has 0 amide bonds. The summed E-state index contributed by atoms with van der Waals surface area (Å²) < 4.78 is 46.3. The number of aryl methyl sites for hydroxylation is 1. The smallest absolute Gasteiger partial charge is 0.420 e. The molecule has 1 aromatic carbocycles. The van der Waals surface area contributed by atoms with E-state index in [2.05, 4.69) is 0 Å². The van der Waals surface area contributed by atoms with Crippen molar-refractivity contribution in [1.82, 2.24) is 0 Å². The number of hydrogen-bond acceptors (Lipinski definition) is 2. The molecule has 0 unspecified atom stereocenters. The summed E-state index contributed by atoms with van der Waals surface area (Å²) in [5.41, 5.74) is 5.42. The summed E-state index contributed by atoms with van der Waals surface area (Å²) in [6.45, 7) is 8.13. The predicted molar refractivity (Wildman–Crippen MR) is 87.9 cm³/mol. The van der Waals surface area contributed by atoms with Crippen molar-refractivity contribution in [2.45, 2.75) is 65.0 Å². The number of ether oxygens (including phenoxy) is 1. The normalized spacial score (nSPS) is 12.5. The van der Waals surface area contributed by atoms with Crippen LogP contribution in [0.4, 0.5) is 13.2 Å². The lowest BCUT2D eigenvalue weighted by Crippen LogP contribution is -2.21. The van der Waals surface area contributed by atoms with Gasteiger partial charge >= 0.3 is 6.18 Å². The van der Waals surface area contributed by atoms with E-state index in [-0.39, 0.29) is 12.4 Å². The summed E-state index contributed by atoms with van der Waals surface area (Å²) in [6.07, 6.45) is -1.34. The Bertz CT molecular complexity index is 504. The maximum atomic E-state index is 13.6. The van der Waals surface area contributed by atoms with Crippen LogP contribution in [0.5, 0.6) is 5.75 Å². The van der Waals surface area contributed by atoms with Crippen molar-refractivity contribution < 1.29 is 17.9 Å². The average Bonchev–Trinajstić information content (AvgIpc) is 2.42. The molecule has 5 heteroatoms. The molecule has 0 aliphatic carbocycles. The molecular weight excluding hydrogens is 303 g/mol. The second-order valence-electron chi connectivity index (χ2n) is 6.86. The Morgan fingerprint density at radius 3 is 2.22 bits per heavy atom. The molecule has 1 rings (SSSR count). The molecule has 1 aromatic rings. The van der Waals surface area contributed by atoms with Crippen molar-refractivity contribution in [3.05, 3.63) is 28.8 Å². The third-order valence-electron chi connectivity index (χ3n) is 3.63. The van der Waals surface area contributed by atoms with Crippen molar-refractivity contribution in [1.29, 1.82) is 0 Å². The quantitative estimate of drug-likeness (QED) is 0.708. The number of nitrogens with two attached hydrogens (primary N) is 1. The molecule has 0 aliphatic heterocycles. The second-order valence-corrected chi connectivity index (χ2v) is 6.86. The van der Waals surface area contributed by atoms with Crippen molar-refractivity contribution in [2.75, 3.05) is 13.2 Å². The number of benzene rings is 1. The van der Waals surface area contributed by atoms with Gasteiger partial charge in [0, 0.05) is 0 Å². The van der Waals surface area contributed by atoms with Crippen LogP contribution >= 0.6 is 0 Å². The first kappa shape index (κ1) is 19.8. The fourth-order valence-electron chi connectivity index (χ4n) is 2.50. The first-order chi connectivity index (χ1) is 10.6. The minimum absolute atomic E-state index is 0.0467. The molecule has 0 fully saturated rings. The Hall–Kier alpha value is -1.23. The zero-order valence-electron chi connectivity index (χ0n) is 14.5. The average molecular weight is 331 g/mol. The summed E-state index contributed by atoms with van der Waals surface area (Å²) in [7, 11) is 0. The van der Waals surface area contributed by atoms with Crippen LogP contribution in [-0.4, -0.2) is 13.2 Å². The largest absolute Gasteiger partial charge is 0.493 e. The van der Waals surface area contributed by atoms with Crippen LogP contribution in [0.15, 0.2) is 12.1 Å². The molecule has 0 saturated heterocycles. The maximum Gasteiger partial charge on any atom is 0.420 e. The van der Waals surface area contributed by atoms with Gasteiger partial charge in [-0.3, -0.25) is 0 Å². The van der Waals surface area contributed by atoms with Crippen molar-refractivity contribution in [2.24, 2.45) is 5.73 Å². The van der Waals surface area contributed by atoms with E-state index in [1.807, 2.05) is 6.92 Å². The SMILES string of the molecule is CCCOc1cc(CCCCN)cc(C(C)(C)C)c1C(F)(F)F. The van der Waals surface area contributed by atoms with Crippen LogP contribution in [0, 0.1) is 0 Å². The van der Waals surface area contributed by atoms with Crippen molar-refractivity contribution in [3.8, 4) is 5.75 Å². The molecule has 2 nitrogen and oxygen atoms in total. The van der Waals surface area contributed by atoms with E-state index in [9.17, 15) is 13.2 Å². The van der Waals surface area contributed by atoms with Gasteiger partial charge in [-0.25, -0.2) is 0 Å². The highest BCUT2D eigenvalue weighted by molar-refractivity contribution is 5.48. The molecule has 23 heavy (non-hydrogen) atoms. The van der Waals surface area contributed by atoms with Gasteiger partial charge in [0.2, 0.25) is 0 Å². The summed E-state index contributed by atoms with van der Waals surface area (Å²) in [5, 5.41) is 0. The van der Waals surface area contributed by atoms with Gasteiger partial charge in [-0.2, -0.15) is 13.2 Å². The minimum Gasteiger partial charge on any atom is -0.493 e. The minimum atomic E-state index is -4.43. The predicted octanol–water partition coefficient (Wildman–Crippen LogP) is 5.07. The van der Waals surface area contributed by atoms with Crippen LogP contribution in [0.2, 0.25) is 0 Å². The van der Waals surface area contributed by atoms with E-state index in [1.54, 1.807) is 32.9 Å². The molecule has 2 N–H and O–H groups in total. The van der Waals surface area contributed by atoms with Gasteiger partial charge in [0.1, 0.15) is 11.3 Å². The Balaban J connectivity index is 3.39. The first-order valence-electron chi connectivity index (χ1n) is 8.18. The number of unbranched alkanes of at least 4 members (excludes halogenated alkanes) is 1. The summed E-state index contributed by atoms with van der Waals surface area (Å²) >= 11 is 0. The fourth-order valence-corrected chi connectivity index (χ4v) is 2.50. The lowest BCUT2D eigenvalue weighted by Gasteiger charge is -2.27. The van der Waals surface area contributed by atoms with E-state index < -0.39 is 17.2 Å². The standard InChI is InChI=1S/C18H28F3NO/c1-5-10-23-15-12-13(8-6-7-9-22)11-14(17(2,3)4)16(15)18(19,20)21/h11-12H,5-10,22H2,1-4H3. The topological polar surface area (TPSA) is 35.2 Å². The maximum absolute atomic E-state index is 13.6. The number of hydrogen-bond donors (Lipinski definition) is 1. The van der Waals surface area contributed by atoms with E-state index in [1.165, 1.54) is 0 Å². The highest BCUT2D eigenvalue weighted by Crippen LogP contribution is 2.44.